The molecule has 1 aromatic rings. The predicted octanol–water partition coefficient (Wildman–Crippen LogP) is 3.01. The van der Waals surface area contributed by atoms with E-state index in [0.717, 1.165) is 13.1 Å². The van der Waals surface area contributed by atoms with E-state index in [9.17, 15) is 14.0 Å². The molecule has 2 saturated heterocycles. The molecule has 3 rings (SSSR count). The van der Waals surface area contributed by atoms with Crippen molar-refractivity contribution in [2.75, 3.05) is 32.7 Å². The van der Waals surface area contributed by atoms with E-state index in [-0.39, 0.29) is 34.4 Å². The van der Waals surface area contributed by atoms with E-state index in [0.29, 0.717) is 26.1 Å². The number of carbonyl (C=O) groups excluding carboxylic acids is 2. The van der Waals surface area contributed by atoms with Gasteiger partial charge in [-0.25, -0.2) is 4.39 Å². The Balaban J connectivity index is 1.76. The SMILES string of the molecule is CC(C)(C)CC(=O)N1CCN2C(C1)CN(C(=O)c1ccccc1F)CC2(C)C. The van der Waals surface area contributed by atoms with Gasteiger partial charge in [-0.15, -0.1) is 0 Å². The molecule has 0 spiro atoms. The standard InChI is InChI=1S/C22H32FN3O2/c1-21(2,3)12-19(27)24-10-11-26-16(13-24)14-25(15-22(26,4)5)20(28)17-8-6-7-9-18(17)23/h6-9,16H,10-15H2,1-5H3. The number of rotatable bonds is 2. The largest absolute Gasteiger partial charge is 0.340 e. The fourth-order valence-electron chi connectivity index (χ4n) is 4.44. The summed E-state index contributed by atoms with van der Waals surface area (Å²) in [6.07, 6.45) is 0.515. The zero-order valence-electron chi connectivity index (χ0n) is 17.7. The van der Waals surface area contributed by atoms with Crippen LogP contribution in [-0.4, -0.2) is 70.8 Å². The van der Waals surface area contributed by atoms with Crippen molar-refractivity contribution in [3.05, 3.63) is 35.6 Å². The molecule has 0 N–H and O–H groups in total. The van der Waals surface area contributed by atoms with Crippen molar-refractivity contribution in [1.82, 2.24) is 14.7 Å². The second-order valence-corrected chi connectivity index (χ2v) is 9.90. The first-order chi connectivity index (χ1) is 13.0. The van der Waals surface area contributed by atoms with Crippen LogP contribution in [0.3, 0.4) is 0 Å². The number of nitrogens with zero attached hydrogens (tertiary/aromatic N) is 3. The molecular formula is C22H32FN3O2. The number of hydrogen-bond acceptors (Lipinski definition) is 3. The van der Waals surface area contributed by atoms with E-state index in [1.807, 2.05) is 4.90 Å². The molecule has 1 unspecified atom stereocenters. The minimum atomic E-state index is -0.488. The van der Waals surface area contributed by atoms with Crippen LogP contribution in [0.2, 0.25) is 0 Å². The van der Waals surface area contributed by atoms with E-state index in [1.165, 1.54) is 12.1 Å². The van der Waals surface area contributed by atoms with Crippen LogP contribution < -0.4 is 0 Å². The lowest BCUT2D eigenvalue weighted by molar-refractivity contribution is -0.139. The summed E-state index contributed by atoms with van der Waals surface area (Å²) in [5.41, 5.74) is -0.154. The zero-order chi connectivity index (χ0) is 20.7. The Kier molecular flexibility index (Phi) is 5.54. The van der Waals surface area contributed by atoms with Gasteiger partial charge in [-0.3, -0.25) is 14.5 Å². The summed E-state index contributed by atoms with van der Waals surface area (Å²) < 4.78 is 14.1. The minimum absolute atomic E-state index is 0.0487. The molecule has 154 valence electrons. The third kappa shape index (κ3) is 4.37. The highest BCUT2D eigenvalue weighted by Crippen LogP contribution is 2.30. The van der Waals surface area contributed by atoms with E-state index < -0.39 is 5.82 Å². The van der Waals surface area contributed by atoms with Crippen molar-refractivity contribution in [2.45, 2.75) is 52.6 Å². The van der Waals surface area contributed by atoms with Gasteiger partial charge in [-0.2, -0.15) is 0 Å². The molecule has 0 saturated carbocycles. The van der Waals surface area contributed by atoms with Crippen molar-refractivity contribution in [3.8, 4) is 0 Å². The van der Waals surface area contributed by atoms with Gasteiger partial charge in [-0.1, -0.05) is 32.9 Å². The Morgan fingerprint density at radius 1 is 1.11 bits per heavy atom. The summed E-state index contributed by atoms with van der Waals surface area (Å²) in [4.78, 5) is 31.8. The number of fused-ring (bicyclic) bond motifs is 1. The highest BCUT2D eigenvalue weighted by molar-refractivity contribution is 5.94. The first-order valence-corrected chi connectivity index (χ1v) is 10.1. The van der Waals surface area contributed by atoms with Crippen molar-refractivity contribution in [3.63, 3.8) is 0 Å². The summed E-state index contributed by atoms with van der Waals surface area (Å²) in [5, 5.41) is 0. The molecule has 1 atom stereocenters. The fraction of sp³-hybridized carbons (Fsp3) is 0.636. The smallest absolute Gasteiger partial charge is 0.256 e. The lowest BCUT2D eigenvalue weighted by Gasteiger charge is -2.55. The topological polar surface area (TPSA) is 43.9 Å². The van der Waals surface area contributed by atoms with Crippen molar-refractivity contribution >= 4 is 11.8 Å². The van der Waals surface area contributed by atoms with Gasteiger partial charge >= 0.3 is 0 Å². The van der Waals surface area contributed by atoms with Gasteiger partial charge in [0.05, 0.1) is 5.56 Å². The van der Waals surface area contributed by atoms with E-state index in [1.54, 1.807) is 17.0 Å². The van der Waals surface area contributed by atoms with Crippen LogP contribution >= 0.6 is 0 Å². The van der Waals surface area contributed by atoms with Crippen LogP contribution in [0, 0.1) is 11.2 Å². The summed E-state index contributed by atoms with van der Waals surface area (Å²) in [7, 11) is 0. The maximum atomic E-state index is 14.1. The first kappa shape index (κ1) is 20.8. The van der Waals surface area contributed by atoms with Gasteiger partial charge in [-0.05, 0) is 31.4 Å². The normalized spacial score (nSPS) is 22.7. The molecule has 28 heavy (non-hydrogen) atoms. The summed E-state index contributed by atoms with van der Waals surface area (Å²) >= 11 is 0. The quantitative estimate of drug-likeness (QED) is 0.781. The van der Waals surface area contributed by atoms with Gasteiger partial charge in [0.25, 0.3) is 5.91 Å². The molecule has 0 aliphatic carbocycles. The van der Waals surface area contributed by atoms with E-state index in [2.05, 4.69) is 39.5 Å². The van der Waals surface area contributed by atoms with Crippen LogP contribution in [0.1, 0.15) is 51.4 Å². The van der Waals surface area contributed by atoms with Crippen LogP contribution in [0.4, 0.5) is 4.39 Å². The van der Waals surface area contributed by atoms with Gasteiger partial charge < -0.3 is 9.80 Å². The molecule has 0 aromatic heterocycles. The maximum Gasteiger partial charge on any atom is 0.256 e. The number of hydrogen-bond donors (Lipinski definition) is 0. The van der Waals surface area contributed by atoms with Crippen LogP contribution in [0.15, 0.2) is 24.3 Å². The van der Waals surface area contributed by atoms with Crippen LogP contribution in [-0.2, 0) is 4.79 Å². The number of carbonyl (C=O) groups is 2. The van der Waals surface area contributed by atoms with Crippen molar-refractivity contribution in [1.29, 1.82) is 0 Å². The van der Waals surface area contributed by atoms with E-state index in [4.69, 9.17) is 0 Å². The third-order valence-electron chi connectivity index (χ3n) is 5.69. The Morgan fingerprint density at radius 2 is 1.75 bits per heavy atom. The minimum Gasteiger partial charge on any atom is -0.340 e. The maximum absolute atomic E-state index is 14.1. The van der Waals surface area contributed by atoms with Gasteiger partial charge in [0.2, 0.25) is 5.91 Å². The van der Waals surface area contributed by atoms with Crippen molar-refractivity contribution < 1.29 is 14.0 Å². The third-order valence-corrected chi connectivity index (χ3v) is 5.69. The highest BCUT2D eigenvalue weighted by atomic mass is 19.1. The number of halogens is 1. The van der Waals surface area contributed by atoms with Crippen LogP contribution in [0.25, 0.3) is 0 Å². The first-order valence-electron chi connectivity index (χ1n) is 10.1. The molecule has 2 aliphatic rings. The lowest BCUT2D eigenvalue weighted by atomic mass is 9.90. The average Bonchev–Trinajstić information content (AvgIpc) is 2.59. The Bertz CT molecular complexity index is 756. The highest BCUT2D eigenvalue weighted by Gasteiger charge is 2.45. The second-order valence-electron chi connectivity index (χ2n) is 9.90. The van der Waals surface area contributed by atoms with Gasteiger partial charge in [0, 0.05) is 50.7 Å². The summed E-state index contributed by atoms with van der Waals surface area (Å²) in [6.45, 7) is 13.6. The summed E-state index contributed by atoms with van der Waals surface area (Å²) in [6, 6.07) is 6.20. The van der Waals surface area contributed by atoms with Crippen molar-refractivity contribution in [2.24, 2.45) is 5.41 Å². The monoisotopic (exact) mass is 389 g/mol. The predicted molar refractivity (Wildman–Crippen MR) is 108 cm³/mol. The second kappa shape index (κ2) is 7.47. The Hall–Kier alpha value is -1.95. The molecule has 2 aliphatic heterocycles. The molecule has 2 heterocycles. The molecule has 2 fully saturated rings. The Labute approximate surface area is 167 Å². The average molecular weight is 390 g/mol. The fourth-order valence-corrected chi connectivity index (χ4v) is 4.44. The van der Waals surface area contributed by atoms with Gasteiger partial charge in [0.15, 0.2) is 0 Å². The van der Waals surface area contributed by atoms with Crippen LogP contribution in [0.5, 0.6) is 0 Å². The zero-order valence-corrected chi connectivity index (χ0v) is 17.7. The van der Waals surface area contributed by atoms with Gasteiger partial charge in [0.1, 0.15) is 5.82 Å². The molecule has 1 aromatic carbocycles. The number of benzene rings is 1. The number of piperazine rings is 2. The molecule has 2 amide bonds. The number of amides is 2. The molecule has 6 heteroatoms. The molecule has 0 radical (unpaired) electrons. The van der Waals surface area contributed by atoms with E-state index >= 15 is 0 Å². The lowest BCUT2D eigenvalue weighted by Crippen LogP contribution is -2.70. The molecule has 0 bridgehead atoms. The molecule has 5 nitrogen and oxygen atoms in total. The summed E-state index contributed by atoms with van der Waals surface area (Å²) in [5.74, 6) is -0.593. The molecular weight excluding hydrogens is 357 g/mol. The Morgan fingerprint density at radius 3 is 2.39 bits per heavy atom.